The third-order valence-electron chi connectivity index (χ3n) is 3.05. The van der Waals surface area contributed by atoms with Crippen LogP contribution < -0.4 is 5.32 Å². The predicted octanol–water partition coefficient (Wildman–Crippen LogP) is 3.45. The van der Waals surface area contributed by atoms with Crippen LogP contribution in [0.5, 0.6) is 0 Å². The van der Waals surface area contributed by atoms with Crippen LogP contribution in [-0.4, -0.2) is 22.1 Å². The molecule has 0 aliphatic carbocycles. The minimum Gasteiger partial charge on any atom is -0.346 e. The summed E-state index contributed by atoms with van der Waals surface area (Å²) in [6.07, 6.45) is 0.827. The predicted molar refractivity (Wildman–Crippen MR) is 80.2 cm³/mol. The van der Waals surface area contributed by atoms with Crippen LogP contribution in [0.2, 0.25) is 0 Å². The molecule has 0 spiro atoms. The molecular weight excluding hydrogens is 253 g/mol. The zero-order valence-electron chi connectivity index (χ0n) is 12.5. The van der Waals surface area contributed by atoms with Crippen LogP contribution in [0.25, 0.3) is 11.3 Å². The van der Waals surface area contributed by atoms with Crippen molar-refractivity contribution in [1.29, 1.82) is 0 Å². The number of imidazole rings is 1. The lowest BCUT2D eigenvalue weighted by Gasteiger charge is -2.19. The lowest BCUT2D eigenvalue weighted by molar-refractivity contribution is 0.427. The summed E-state index contributed by atoms with van der Waals surface area (Å²) in [5.41, 5.74) is 2.72. The Kier molecular flexibility index (Phi) is 4.23. The smallest absolute Gasteiger partial charge is 0.123 e. The second-order valence-electron chi connectivity index (χ2n) is 6.09. The molecule has 3 nitrogen and oxygen atoms in total. The molecule has 2 rings (SSSR count). The summed E-state index contributed by atoms with van der Waals surface area (Å²) in [7, 11) is 0. The van der Waals surface area contributed by atoms with Crippen molar-refractivity contribution in [2.45, 2.75) is 39.7 Å². The van der Waals surface area contributed by atoms with E-state index in [1.807, 2.05) is 13.0 Å². The first-order chi connectivity index (χ1) is 9.35. The van der Waals surface area contributed by atoms with Gasteiger partial charge in [0.05, 0.1) is 5.69 Å². The number of H-pyrrole nitrogens is 1. The number of aromatic amines is 1. The van der Waals surface area contributed by atoms with E-state index >= 15 is 0 Å². The molecule has 108 valence electrons. The summed E-state index contributed by atoms with van der Waals surface area (Å²) in [6.45, 7) is 9.24. The van der Waals surface area contributed by atoms with Crippen molar-refractivity contribution in [2.75, 3.05) is 6.54 Å². The number of benzene rings is 1. The number of nitrogens with zero attached hydrogens (tertiary/aromatic N) is 1. The van der Waals surface area contributed by atoms with E-state index in [1.54, 1.807) is 6.07 Å². The van der Waals surface area contributed by atoms with Crippen molar-refractivity contribution in [1.82, 2.24) is 15.3 Å². The number of hydrogen-bond donors (Lipinski definition) is 2. The van der Waals surface area contributed by atoms with E-state index in [0.29, 0.717) is 0 Å². The van der Waals surface area contributed by atoms with Gasteiger partial charge in [-0.05, 0) is 39.8 Å². The Balaban J connectivity index is 2.10. The van der Waals surface area contributed by atoms with Gasteiger partial charge in [-0.3, -0.25) is 0 Å². The van der Waals surface area contributed by atoms with Crippen LogP contribution in [0, 0.1) is 12.7 Å². The molecule has 1 aromatic carbocycles. The lowest BCUT2D eigenvalue weighted by atomic mass is 10.1. The van der Waals surface area contributed by atoms with Crippen LogP contribution in [-0.2, 0) is 6.42 Å². The van der Waals surface area contributed by atoms with Gasteiger partial charge >= 0.3 is 0 Å². The molecular formula is C16H22FN3. The first kappa shape index (κ1) is 14.7. The van der Waals surface area contributed by atoms with E-state index in [4.69, 9.17) is 0 Å². The van der Waals surface area contributed by atoms with Gasteiger partial charge in [0.1, 0.15) is 11.6 Å². The monoisotopic (exact) mass is 275 g/mol. The Morgan fingerprint density at radius 1 is 1.30 bits per heavy atom. The largest absolute Gasteiger partial charge is 0.346 e. The van der Waals surface area contributed by atoms with Gasteiger partial charge in [-0.15, -0.1) is 0 Å². The normalized spacial score (nSPS) is 11.8. The molecule has 0 aliphatic heterocycles. The van der Waals surface area contributed by atoms with Crippen molar-refractivity contribution in [2.24, 2.45) is 0 Å². The van der Waals surface area contributed by atoms with Crippen LogP contribution >= 0.6 is 0 Å². The highest BCUT2D eigenvalue weighted by molar-refractivity contribution is 5.61. The SMILES string of the molecule is Cc1[nH]c(CCNC(C)(C)C)nc1-c1cccc(F)c1. The number of aromatic nitrogens is 2. The maximum absolute atomic E-state index is 13.3. The first-order valence-corrected chi connectivity index (χ1v) is 6.91. The molecule has 0 unspecified atom stereocenters. The Bertz CT molecular complexity index is 582. The Morgan fingerprint density at radius 3 is 2.70 bits per heavy atom. The quantitative estimate of drug-likeness (QED) is 0.897. The third kappa shape index (κ3) is 3.90. The Hall–Kier alpha value is -1.68. The molecule has 1 heterocycles. The molecule has 1 aromatic heterocycles. The zero-order chi connectivity index (χ0) is 14.8. The van der Waals surface area contributed by atoms with Gasteiger partial charge in [0.15, 0.2) is 0 Å². The highest BCUT2D eigenvalue weighted by Gasteiger charge is 2.11. The van der Waals surface area contributed by atoms with Crippen LogP contribution in [0.4, 0.5) is 4.39 Å². The number of nitrogens with one attached hydrogen (secondary N) is 2. The fourth-order valence-corrected chi connectivity index (χ4v) is 2.11. The van der Waals surface area contributed by atoms with E-state index in [9.17, 15) is 4.39 Å². The van der Waals surface area contributed by atoms with Gasteiger partial charge in [-0.25, -0.2) is 9.37 Å². The molecule has 0 saturated heterocycles. The number of rotatable bonds is 4. The summed E-state index contributed by atoms with van der Waals surface area (Å²) >= 11 is 0. The van der Waals surface area contributed by atoms with Crippen molar-refractivity contribution in [3.63, 3.8) is 0 Å². The minimum atomic E-state index is -0.235. The maximum atomic E-state index is 13.3. The third-order valence-corrected chi connectivity index (χ3v) is 3.05. The topological polar surface area (TPSA) is 40.7 Å². The standard InChI is InChI=1S/C16H22FN3/c1-11-15(12-6-5-7-13(17)10-12)20-14(19-11)8-9-18-16(2,3)4/h5-7,10,18H,8-9H2,1-4H3,(H,19,20). The fourth-order valence-electron chi connectivity index (χ4n) is 2.11. The summed E-state index contributed by atoms with van der Waals surface area (Å²) in [5.74, 6) is 0.694. The summed E-state index contributed by atoms with van der Waals surface area (Å²) in [6, 6.07) is 6.54. The minimum absolute atomic E-state index is 0.104. The van der Waals surface area contributed by atoms with Crippen LogP contribution in [0.15, 0.2) is 24.3 Å². The molecule has 20 heavy (non-hydrogen) atoms. The lowest BCUT2D eigenvalue weighted by Crippen LogP contribution is -2.37. The van der Waals surface area contributed by atoms with Gasteiger partial charge in [0.2, 0.25) is 0 Å². The van der Waals surface area contributed by atoms with Gasteiger partial charge in [0.25, 0.3) is 0 Å². The van der Waals surface area contributed by atoms with E-state index in [2.05, 4.69) is 36.1 Å². The van der Waals surface area contributed by atoms with E-state index in [-0.39, 0.29) is 11.4 Å². The average molecular weight is 275 g/mol. The van der Waals surface area contributed by atoms with Gasteiger partial charge < -0.3 is 10.3 Å². The molecule has 0 atom stereocenters. The second-order valence-corrected chi connectivity index (χ2v) is 6.09. The summed E-state index contributed by atoms with van der Waals surface area (Å²) in [5, 5.41) is 3.43. The van der Waals surface area contributed by atoms with Crippen LogP contribution in [0.3, 0.4) is 0 Å². The molecule has 0 aliphatic rings. The highest BCUT2D eigenvalue weighted by atomic mass is 19.1. The molecule has 2 aromatic rings. The molecule has 0 bridgehead atoms. The van der Waals surface area contributed by atoms with Gasteiger partial charge in [0, 0.05) is 29.8 Å². The van der Waals surface area contributed by atoms with Crippen molar-refractivity contribution in [3.8, 4) is 11.3 Å². The molecule has 2 N–H and O–H groups in total. The van der Waals surface area contributed by atoms with Crippen molar-refractivity contribution < 1.29 is 4.39 Å². The summed E-state index contributed by atoms with van der Waals surface area (Å²) in [4.78, 5) is 7.85. The second kappa shape index (κ2) is 5.75. The molecule has 4 heteroatoms. The first-order valence-electron chi connectivity index (χ1n) is 6.91. The number of aryl methyl sites for hydroxylation is 1. The molecule has 0 radical (unpaired) electrons. The average Bonchev–Trinajstić information content (AvgIpc) is 2.69. The Morgan fingerprint density at radius 2 is 2.05 bits per heavy atom. The van der Waals surface area contributed by atoms with E-state index in [1.165, 1.54) is 12.1 Å². The van der Waals surface area contributed by atoms with Crippen LogP contribution in [0.1, 0.15) is 32.3 Å². The summed E-state index contributed by atoms with van der Waals surface area (Å²) < 4.78 is 13.3. The number of halogens is 1. The fraction of sp³-hybridized carbons (Fsp3) is 0.438. The van der Waals surface area contributed by atoms with Crippen molar-refractivity contribution in [3.05, 3.63) is 41.6 Å². The van der Waals surface area contributed by atoms with Crippen molar-refractivity contribution >= 4 is 0 Å². The Labute approximate surface area is 119 Å². The molecule has 0 saturated carbocycles. The number of hydrogen-bond acceptors (Lipinski definition) is 2. The zero-order valence-corrected chi connectivity index (χ0v) is 12.5. The molecule has 0 amide bonds. The highest BCUT2D eigenvalue weighted by Crippen LogP contribution is 2.21. The van der Waals surface area contributed by atoms with Gasteiger partial charge in [-0.1, -0.05) is 12.1 Å². The van der Waals surface area contributed by atoms with Gasteiger partial charge in [-0.2, -0.15) is 0 Å². The van der Waals surface area contributed by atoms with E-state index in [0.717, 1.165) is 35.7 Å². The maximum Gasteiger partial charge on any atom is 0.123 e. The van der Waals surface area contributed by atoms with E-state index < -0.39 is 0 Å². The molecule has 0 fully saturated rings.